The summed E-state index contributed by atoms with van der Waals surface area (Å²) in [5, 5.41) is 0. The Balaban J connectivity index is 1.64. The van der Waals surface area contributed by atoms with Crippen LogP contribution in [-0.2, 0) is 10.2 Å². The van der Waals surface area contributed by atoms with E-state index < -0.39 is 0 Å². The lowest BCUT2D eigenvalue weighted by atomic mass is 9.73. The highest BCUT2D eigenvalue weighted by Gasteiger charge is 2.47. The molecule has 1 aromatic rings. The number of ether oxygens (including phenoxy) is 1. The van der Waals surface area contributed by atoms with Crippen molar-refractivity contribution in [3.05, 3.63) is 35.4 Å². The molecule has 0 aromatic heterocycles. The summed E-state index contributed by atoms with van der Waals surface area (Å²) in [4.78, 5) is 2.73. The molecule has 3 atom stereocenters. The van der Waals surface area contributed by atoms with Crippen molar-refractivity contribution < 1.29 is 4.74 Å². The molecule has 5 rings (SSSR count). The van der Waals surface area contributed by atoms with E-state index in [1.54, 1.807) is 0 Å². The van der Waals surface area contributed by atoms with Crippen molar-refractivity contribution in [3.8, 4) is 0 Å². The predicted molar refractivity (Wildman–Crippen MR) is 94.9 cm³/mol. The van der Waals surface area contributed by atoms with Gasteiger partial charge in [0.15, 0.2) is 0 Å². The maximum Gasteiger partial charge on any atom is 0.0765 e. The summed E-state index contributed by atoms with van der Waals surface area (Å²) in [6.45, 7) is 10.4. The summed E-state index contributed by atoms with van der Waals surface area (Å²) >= 11 is 0. The van der Waals surface area contributed by atoms with Gasteiger partial charge in [0.25, 0.3) is 0 Å². The van der Waals surface area contributed by atoms with Gasteiger partial charge in [0.05, 0.1) is 6.10 Å². The first-order valence-electron chi connectivity index (χ1n) is 9.50. The molecule has 0 radical (unpaired) electrons. The van der Waals surface area contributed by atoms with E-state index in [9.17, 15) is 0 Å². The zero-order chi connectivity index (χ0) is 16.0. The minimum absolute atomic E-state index is 0.237. The van der Waals surface area contributed by atoms with Gasteiger partial charge in [-0.25, -0.2) is 0 Å². The smallest absolute Gasteiger partial charge is 0.0765 e. The third-order valence-electron chi connectivity index (χ3n) is 6.38. The number of hydrogen-bond donors (Lipinski definition) is 0. The fourth-order valence-electron chi connectivity index (χ4n) is 5.04. The molecule has 2 nitrogen and oxygen atoms in total. The first kappa shape index (κ1) is 15.7. The van der Waals surface area contributed by atoms with Crippen molar-refractivity contribution in [2.75, 3.05) is 19.7 Å². The Bertz CT molecular complexity index is 536. The fourth-order valence-corrected chi connectivity index (χ4v) is 5.04. The van der Waals surface area contributed by atoms with Gasteiger partial charge in [-0.3, -0.25) is 4.90 Å². The van der Waals surface area contributed by atoms with Crippen molar-refractivity contribution in [2.24, 2.45) is 5.92 Å². The molecular formula is C21H31NO. The number of benzene rings is 1. The highest BCUT2D eigenvalue weighted by Crippen LogP contribution is 2.44. The molecule has 2 heteroatoms. The first-order valence-corrected chi connectivity index (χ1v) is 9.50. The molecule has 4 saturated heterocycles. The Hall–Kier alpha value is -0.860. The van der Waals surface area contributed by atoms with Crippen LogP contribution >= 0.6 is 0 Å². The second kappa shape index (κ2) is 5.89. The number of hydrogen-bond acceptors (Lipinski definition) is 2. The Morgan fingerprint density at radius 1 is 1.00 bits per heavy atom. The molecule has 4 heterocycles. The molecular weight excluding hydrogens is 282 g/mol. The van der Waals surface area contributed by atoms with Gasteiger partial charge in [0.2, 0.25) is 0 Å². The van der Waals surface area contributed by atoms with E-state index in [-0.39, 0.29) is 5.41 Å². The zero-order valence-corrected chi connectivity index (χ0v) is 14.9. The quantitative estimate of drug-likeness (QED) is 0.764. The number of rotatable bonds is 1. The normalized spacial score (nSPS) is 37.3. The van der Waals surface area contributed by atoms with Crippen LogP contribution in [0.15, 0.2) is 24.3 Å². The van der Waals surface area contributed by atoms with Gasteiger partial charge in [-0.1, -0.05) is 45.0 Å². The van der Waals surface area contributed by atoms with Crippen molar-refractivity contribution in [1.82, 2.24) is 4.90 Å². The van der Waals surface area contributed by atoms with Crippen molar-refractivity contribution in [2.45, 2.75) is 69.9 Å². The first-order chi connectivity index (χ1) is 11.0. The van der Waals surface area contributed by atoms with E-state index in [4.69, 9.17) is 4.74 Å². The maximum absolute atomic E-state index is 6.33. The van der Waals surface area contributed by atoms with E-state index in [1.165, 1.54) is 49.9 Å². The Morgan fingerprint density at radius 2 is 1.70 bits per heavy atom. The van der Waals surface area contributed by atoms with E-state index in [2.05, 4.69) is 49.9 Å². The molecule has 0 N–H and O–H groups in total. The Labute approximate surface area is 141 Å². The van der Waals surface area contributed by atoms with Crippen LogP contribution in [0.2, 0.25) is 0 Å². The molecule has 4 aliphatic heterocycles. The highest BCUT2D eigenvalue weighted by atomic mass is 16.5. The molecule has 4 aliphatic rings. The van der Waals surface area contributed by atoms with Crippen LogP contribution in [0.1, 0.15) is 63.5 Å². The minimum Gasteiger partial charge on any atom is -0.376 e. The van der Waals surface area contributed by atoms with Crippen LogP contribution in [-0.4, -0.2) is 36.7 Å². The summed E-state index contributed by atoms with van der Waals surface area (Å²) in [5.41, 5.74) is 3.21. The molecule has 4 fully saturated rings. The lowest BCUT2D eigenvalue weighted by molar-refractivity contribution is -0.106. The number of nitrogens with zero attached hydrogens (tertiary/aromatic N) is 1. The summed E-state index contributed by atoms with van der Waals surface area (Å²) in [6.07, 6.45) is 5.65. The largest absolute Gasteiger partial charge is 0.376 e. The fraction of sp³-hybridized carbons (Fsp3) is 0.714. The van der Waals surface area contributed by atoms with Crippen molar-refractivity contribution >= 4 is 0 Å². The van der Waals surface area contributed by atoms with Gasteiger partial charge in [0.1, 0.15) is 0 Å². The monoisotopic (exact) mass is 313 g/mol. The number of piperidine rings is 3. The highest BCUT2D eigenvalue weighted by molar-refractivity contribution is 5.31. The van der Waals surface area contributed by atoms with Crippen LogP contribution < -0.4 is 0 Å². The molecule has 1 aromatic carbocycles. The van der Waals surface area contributed by atoms with Crippen LogP contribution in [0.3, 0.4) is 0 Å². The molecule has 0 amide bonds. The summed E-state index contributed by atoms with van der Waals surface area (Å²) < 4.78 is 6.33. The summed E-state index contributed by atoms with van der Waals surface area (Å²) in [7, 11) is 0. The average Bonchev–Trinajstić information content (AvgIpc) is 2.79. The zero-order valence-electron chi connectivity index (χ0n) is 14.9. The van der Waals surface area contributed by atoms with Crippen LogP contribution in [0, 0.1) is 5.92 Å². The lowest BCUT2D eigenvalue weighted by Gasteiger charge is -2.52. The molecule has 0 spiro atoms. The van der Waals surface area contributed by atoms with Crippen LogP contribution in [0.5, 0.6) is 0 Å². The molecule has 2 bridgehead atoms. The standard InChI is InChI=1S/C21H31NO/c1-21(2,3)17-8-6-15(7-9-17)18-5-4-14-23-20-16-10-12-22(13-11-16)19(18)20/h6-9,16,18-20H,4-5,10-14H2,1-3H3. The second-order valence-electron chi connectivity index (χ2n) is 8.82. The average molecular weight is 313 g/mol. The predicted octanol–water partition coefficient (Wildman–Crippen LogP) is 4.34. The van der Waals surface area contributed by atoms with Gasteiger partial charge < -0.3 is 4.74 Å². The van der Waals surface area contributed by atoms with Gasteiger partial charge >= 0.3 is 0 Å². The molecule has 0 aliphatic carbocycles. The van der Waals surface area contributed by atoms with E-state index >= 15 is 0 Å². The van der Waals surface area contributed by atoms with Gasteiger partial charge in [-0.2, -0.15) is 0 Å². The van der Waals surface area contributed by atoms with Gasteiger partial charge in [-0.05, 0) is 61.2 Å². The summed E-state index contributed by atoms with van der Waals surface area (Å²) in [5.74, 6) is 1.46. The topological polar surface area (TPSA) is 12.5 Å². The van der Waals surface area contributed by atoms with Gasteiger partial charge in [-0.15, -0.1) is 0 Å². The van der Waals surface area contributed by atoms with E-state index in [1.807, 2.05) is 0 Å². The molecule has 23 heavy (non-hydrogen) atoms. The summed E-state index contributed by atoms with van der Waals surface area (Å²) in [6, 6.07) is 10.1. The molecule has 0 saturated carbocycles. The van der Waals surface area contributed by atoms with Crippen molar-refractivity contribution in [3.63, 3.8) is 0 Å². The third kappa shape index (κ3) is 2.85. The Kier molecular flexibility index (Phi) is 4.01. The van der Waals surface area contributed by atoms with E-state index in [0.29, 0.717) is 18.1 Å². The lowest BCUT2D eigenvalue weighted by Crippen LogP contribution is -2.60. The minimum atomic E-state index is 0.237. The van der Waals surface area contributed by atoms with E-state index in [0.717, 1.165) is 12.5 Å². The van der Waals surface area contributed by atoms with Crippen molar-refractivity contribution in [1.29, 1.82) is 0 Å². The maximum atomic E-state index is 6.33. The second-order valence-corrected chi connectivity index (χ2v) is 8.82. The number of fused-ring (bicyclic) bond motifs is 2. The van der Waals surface area contributed by atoms with Crippen LogP contribution in [0.4, 0.5) is 0 Å². The Morgan fingerprint density at radius 3 is 2.35 bits per heavy atom. The molecule has 126 valence electrons. The van der Waals surface area contributed by atoms with Crippen LogP contribution in [0.25, 0.3) is 0 Å². The molecule has 3 unspecified atom stereocenters. The SMILES string of the molecule is CC(C)(C)c1ccc(C2CCCOC3C4CCN(CC4)C23)cc1. The third-order valence-corrected chi connectivity index (χ3v) is 6.38. The van der Waals surface area contributed by atoms with Gasteiger partial charge in [0, 0.05) is 18.6 Å².